The lowest BCUT2D eigenvalue weighted by atomic mass is 10.1. The summed E-state index contributed by atoms with van der Waals surface area (Å²) in [5.74, 6) is -1.27. The Bertz CT molecular complexity index is 487. The van der Waals surface area contributed by atoms with Gasteiger partial charge in [-0.1, -0.05) is 0 Å². The van der Waals surface area contributed by atoms with Gasteiger partial charge in [0.15, 0.2) is 0 Å². The second-order valence-electron chi connectivity index (χ2n) is 3.03. The third kappa shape index (κ3) is 2.73. The van der Waals surface area contributed by atoms with Gasteiger partial charge in [0.1, 0.15) is 5.56 Å². The molecule has 6 nitrogen and oxygen atoms in total. The molecule has 1 heterocycles. The van der Waals surface area contributed by atoms with Crippen LogP contribution in [0.2, 0.25) is 0 Å². The molecule has 0 aliphatic carbocycles. The number of rotatable bonds is 3. The Morgan fingerprint density at radius 1 is 1.56 bits per heavy atom. The molecule has 1 rings (SSSR count). The van der Waals surface area contributed by atoms with Crippen LogP contribution in [0.1, 0.15) is 23.0 Å². The van der Waals surface area contributed by atoms with Crippen LogP contribution in [0.25, 0.3) is 0 Å². The first-order chi connectivity index (χ1) is 8.29. The van der Waals surface area contributed by atoms with Gasteiger partial charge in [0, 0.05) is 6.20 Å². The van der Waals surface area contributed by atoms with Gasteiger partial charge >= 0.3 is 17.8 Å². The molecule has 0 bridgehead atoms. The number of aromatic nitrogens is 1. The van der Waals surface area contributed by atoms with Crippen LogP contribution in [0.15, 0.2) is 12.3 Å². The Morgan fingerprint density at radius 2 is 2.17 bits per heavy atom. The Hall–Kier alpha value is -2.19. The van der Waals surface area contributed by atoms with E-state index in [1.165, 1.54) is 6.92 Å². The van der Waals surface area contributed by atoms with Crippen LogP contribution in [0, 0.1) is 10.1 Å². The van der Waals surface area contributed by atoms with Crippen molar-refractivity contribution in [1.29, 1.82) is 0 Å². The fourth-order valence-corrected chi connectivity index (χ4v) is 1.22. The van der Waals surface area contributed by atoms with Crippen LogP contribution in [-0.2, 0) is 10.9 Å². The van der Waals surface area contributed by atoms with Gasteiger partial charge in [0.05, 0.1) is 11.5 Å². The lowest BCUT2D eigenvalue weighted by molar-refractivity contribution is -0.388. The number of pyridine rings is 1. The molecule has 0 amide bonds. The predicted octanol–water partition coefficient (Wildman–Crippen LogP) is 2.19. The molecule has 0 aromatic carbocycles. The summed E-state index contributed by atoms with van der Waals surface area (Å²) in [5, 5.41) is 10.7. The summed E-state index contributed by atoms with van der Waals surface area (Å²) < 4.78 is 42.1. The second-order valence-corrected chi connectivity index (χ2v) is 3.03. The van der Waals surface area contributed by atoms with Crippen molar-refractivity contribution in [3.63, 3.8) is 0 Å². The summed E-state index contributed by atoms with van der Waals surface area (Å²) >= 11 is 0. The third-order valence-electron chi connectivity index (χ3n) is 1.88. The van der Waals surface area contributed by atoms with Crippen molar-refractivity contribution in [1.82, 2.24) is 4.98 Å². The van der Waals surface area contributed by atoms with E-state index in [1.807, 2.05) is 0 Å². The molecule has 0 fully saturated rings. The molecule has 1 aromatic rings. The fourth-order valence-electron chi connectivity index (χ4n) is 1.22. The lowest BCUT2D eigenvalue weighted by Crippen LogP contribution is -2.16. The molecule has 98 valence electrons. The van der Waals surface area contributed by atoms with Crippen LogP contribution >= 0.6 is 0 Å². The Kier molecular flexibility index (Phi) is 3.84. The normalized spacial score (nSPS) is 11.1. The minimum Gasteiger partial charge on any atom is -0.461 e. The summed E-state index contributed by atoms with van der Waals surface area (Å²) in [6, 6.07) is 0.431. The largest absolute Gasteiger partial charge is 0.461 e. The highest BCUT2D eigenvalue weighted by Gasteiger charge is 2.41. The molecule has 0 saturated carbocycles. The zero-order valence-corrected chi connectivity index (χ0v) is 9.02. The lowest BCUT2D eigenvalue weighted by Gasteiger charge is -2.09. The third-order valence-corrected chi connectivity index (χ3v) is 1.88. The molecule has 0 radical (unpaired) electrons. The van der Waals surface area contributed by atoms with Gasteiger partial charge in [-0.05, 0) is 13.0 Å². The monoisotopic (exact) mass is 264 g/mol. The molecule has 0 aliphatic heterocycles. The highest BCUT2D eigenvalue weighted by Crippen LogP contribution is 2.37. The van der Waals surface area contributed by atoms with Crippen molar-refractivity contribution >= 4 is 11.7 Å². The number of carbonyl (C=O) groups is 1. The molecule has 0 spiro atoms. The van der Waals surface area contributed by atoms with Crippen LogP contribution in [0.5, 0.6) is 0 Å². The number of nitrogens with zero attached hydrogens (tertiary/aromatic N) is 2. The zero-order valence-electron chi connectivity index (χ0n) is 9.02. The Labute approximate surface area is 98.5 Å². The summed E-state index contributed by atoms with van der Waals surface area (Å²) in [6.07, 6.45) is -4.28. The summed E-state index contributed by atoms with van der Waals surface area (Å²) in [5.41, 5.74) is -3.90. The number of hydrogen-bond donors (Lipinski definition) is 0. The average Bonchev–Trinajstić information content (AvgIpc) is 2.27. The quantitative estimate of drug-likeness (QED) is 0.474. The highest BCUT2D eigenvalue weighted by molar-refractivity contribution is 5.92. The number of halogens is 3. The maximum absolute atomic E-state index is 12.6. The first kappa shape index (κ1) is 13.9. The van der Waals surface area contributed by atoms with Crippen LogP contribution in [-0.4, -0.2) is 22.5 Å². The van der Waals surface area contributed by atoms with Crippen molar-refractivity contribution in [2.75, 3.05) is 6.61 Å². The van der Waals surface area contributed by atoms with Crippen LogP contribution < -0.4 is 0 Å². The average molecular weight is 264 g/mol. The molecule has 1 aromatic heterocycles. The van der Waals surface area contributed by atoms with E-state index in [0.29, 0.717) is 12.3 Å². The number of ether oxygens (including phenoxy) is 1. The van der Waals surface area contributed by atoms with Crippen LogP contribution in [0.3, 0.4) is 0 Å². The van der Waals surface area contributed by atoms with Gasteiger partial charge in [-0.15, -0.1) is 0 Å². The van der Waals surface area contributed by atoms with Crippen molar-refractivity contribution in [3.8, 4) is 0 Å². The standard InChI is InChI=1S/C9H7F3N2O4/c1-2-18-8(15)6-7(14(16)17)5(3-4-13-6)9(10,11)12/h3-4H,2H2,1H3. The molecule has 0 unspecified atom stereocenters. The molecule has 0 N–H and O–H groups in total. The van der Waals surface area contributed by atoms with Crippen LogP contribution in [0.4, 0.5) is 18.9 Å². The van der Waals surface area contributed by atoms with E-state index < -0.39 is 34.0 Å². The topological polar surface area (TPSA) is 82.3 Å². The van der Waals surface area contributed by atoms with Gasteiger partial charge in [-0.25, -0.2) is 9.78 Å². The van der Waals surface area contributed by atoms with E-state index in [2.05, 4.69) is 9.72 Å². The SMILES string of the molecule is CCOC(=O)c1nccc(C(F)(F)F)c1[N+](=O)[O-]. The Morgan fingerprint density at radius 3 is 2.61 bits per heavy atom. The summed E-state index contributed by atoms with van der Waals surface area (Å²) in [4.78, 5) is 23.9. The first-order valence-corrected chi connectivity index (χ1v) is 4.66. The number of nitro groups is 1. The molecule has 0 aliphatic rings. The van der Waals surface area contributed by atoms with Gasteiger partial charge in [-0.2, -0.15) is 13.2 Å². The van der Waals surface area contributed by atoms with E-state index in [1.54, 1.807) is 0 Å². The van der Waals surface area contributed by atoms with Gasteiger partial charge in [0.2, 0.25) is 5.69 Å². The van der Waals surface area contributed by atoms with E-state index in [0.717, 1.165) is 0 Å². The minimum absolute atomic E-state index is 0.131. The second kappa shape index (κ2) is 4.98. The predicted molar refractivity (Wildman–Crippen MR) is 51.8 cm³/mol. The van der Waals surface area contributed by atoms with Crippen molar-refractivity contribution in [2.45, 2.75) is 13.1 Å². The van der Waals surface area contributed by atoms with Crippen molar-refractivity contribution < 1.29 is 27.6 Å². The smallest absolute Gasteiger partial charge is 0.423 e. The number of hydrogen-bond acceptors (Lipinski definition) is 5. The number of esters is 1. The van der Waals surface area contributed by atoms with Crippen molar-refractivity contribution in [3.05, 3.63) is 33.6 Å². The molecule has 18 heavy (non-hydrogen) atoms. The summed E-state index contributed by atoms with van der Waals surface area (Å²) in [6.45, 7) is 1.28. The summed E-state index contributed by atoms with van der Waals surface area (Å²) in [7, 11) is 0. The van der Waals surface area contributed by atoms with E-state index in [4.69, 9.17) is 0 Å². The first-order valence-electron chi connectivity index (χ1n) is 4.66. The molecule has 0 atom stereocenters. The molecular weight excluding hydrogens is 257 g/mol. The Balaban J connectivity index is 3.45. The van der Waals surface area contributed by atoms with Crippen molar-refractivity contribution in [2.24, 2.45) is 0 Å². The number of carbonyl (C=O) groups excluding carboxylic acids is 1. The van der Waals surface area contributed by atoms with Gasteiger partial charge in [-0.3, -0.25) is 10.1 Å². The van der Waals surface area contributed by atoms with E-state index in [9.17, 15) is 28.1 Å². The van der Waals surface area contributed by atoms with E-state index >= 15 is 0 Å². The number of alkyl halides is 3. The highest BCUT2D eigenvalue weighted by atomic mass is 19.4. The molecule has 0 saturated heterocycles. The van der Waals surface area contributed by atoms with Gasteiger partial charge < -0.3 is 4.74 Å². The maximum Gasteiger partial charge on any atom is 0.423 e. The van der Waals surface area contributed by atoms with E-state index in [-0.39, 0.29) is 6.61 Å². The van der Waals surface area contributed by atoms with Gasteiger partial charge in [0.25, 0.3) is 0 Å². The molecule has 9 heteroatoms. The minimum atomic E-state index is -4.95. The zero-order chi connectivity index (χ0) is 13.9. The molecular formula is C9H7F3N2O4. The fraction of sp³-hybridized carbons (Fsp3) is 0.333. The maximum atomic E-state index is 12.6.